The fraction of sp³-hybridized carbons (Fsp3) is 0. The summed E-state index contributed by atoms with van der Waals surface area (Å²) in [5.74, 6) is 0. The maximum absolute atomic E-state index is 11.9. The molecule has 144 valence electrons. The van der Waals surface area contributed by atoms with Crippen molar-refractivity contribution in [1.29, 1.82) is 0 Å². The van der Waals surface area contributed by atoms with Crippen molar-refractivity contribution in [3.05, 3.63) is 119 Å². The van der Waals surface area contributed by atoms with Gasteiger partial charge < -0.3 is 12.4 Å². The first kappa shape index (κ1) is 20.6. The summed E-state index contributed by atoms with van der Waals surface area (Å²) in [7, 11) is -0.458. The Bertz CT molecular complexity index is 1050. The highest BCUT2D eigenvalue weighted by molar-refractivity contribution is 7.97. The summed E-state index contributed by atoms with van der Waals surface area (Å²) in [4.78, 5) is 14.8. The molecule has 29 heavy (non-hydrogen) atoms. The molecule has 0 aliphatic heterocycles. The van der Waals surface area contributed by atoms with Gasteiger partial charge in [-0.15, -0.1) is 0 Å². The molecule has 0 aliphatic rings. The molecule has 0 radical (unpaired) electrons. The third-order valence-electron chi connectivity index (χ3n) is 4.44. The highest BCUT2D eigenvalue weighted by Crippen LogP contribution is 2.41. The predicted octanol–water partition coefficient (Wildman–Crippen LogP) is 3.36. The van der Waals surface area contributed by atoms with Crippen molar-refractivity contribution < 1.29 is 17.3 Å². The molecule has 0 N–H and O–H groups in total. The van der Waals surface area contributed by atoms with Gasteiger partial charge in [0.2, 0.25) is 0 Å². The summed E-state index contributed by atoms with van der Waals surface area (Å²) in [6.45, 7) is 0. The minimum atomic E-state index is -0.458. The molecular formula is C24H18ClNO2S. The van der Waals surface area contributed by atoms with Crippen LogP contribution >= 0.6 is 0 Å². The zero-order valence-corrected chi connectivity index (χ0v) is 17.0. The van der Waals surface area contributed by atoms with Gasteiger partial charge in [0.15, 0.2) is 14.7 Å². The SMILES string of the molecule is O=[N+]([O-])c1cccc([S+](c2ccccc2)c2ccccc2)c1-c1ccccc1.[Cl-]. The summed E-state index contributed by atoms with van der Waals surface area (Å²) in [5, 5.41) is 11.9. The Morgan fingerprint density at radius 2 is 1.10 bits per heavy atom. The van der Waals surface area contributed by atoms with Crippen molar-refractivity contribution in [1.82, 2.24) is 0 Å². The maximum Gasteiger partial charge on any atom is 0.282 e. The Kier molecular flexibility index (Phi) is 6.70. The van der Waals surface area contributed by atoms with Crippen molar-refractivity contribution in [3.63, 3.8) is 0 Å². The lowest BCUT2D eigenvalue weighted by molar-refractivity contribution is -0.384. The lowest BCUT2D eigenvalue weighted by atomic mass is 10.0. The highest BCUT2D eigenvalue weighted by Gasteiger charge is 2.35. The highest BCUT2D eigenvalue weighted by atomic mass is 35.5. The largest absolute Gasteiger partial charge is 1.00 e. The second-order valence-electron chi connectivity index (χ2n) is 6.21. The number of nitrogens with zero attached hydrogens (tertiary/aromatic N) is 1. The smallest absolute Gasteiger partial charge is 0.282 e. The molecule has 0 fully saturated rings. The van der Waals surface area contributed by atoms with Crippen LogP contribution in [0.1, 0.15) is 0 Å². The zero-order valence-electron chi connectivity index (χ0n) is 15.4. The minimum Gasteiger partial charge on any atom is -1.00 e. The third-order valence-corrected chi connectivity index (χ3v) is 6.71. The van der Waals surface area contributed by atoms with E-state index >= 15 is 0 Å². The average Bonchev–Trinajstić information content (AvgIpc) is 2.76. The van der Waals surface area contributed by atoms with E-state index in [0.29, 0.717) is 5.56 Å². The van der Waals surface area contributed by atoms with Gasteiger partial charge in [0.25, 0.3) is 5.69 Å². The Hall–Kier alpha value is -3.08. The van der Waals surface area contributed by atoms with E-state index in [1.165, 1.54) is 0 Å². The quantitative estimate of drug-likeness (QED) is 0.283. The van der Waals surface area contributed by atoms with E-state index in [-0.39, 0.29) is 23.0 Å². The molecule has 0 amide bonds. The molecule has 4 aromatic carbocycles. The number of halogens is 1. The van der Waals surface area contributed by atoms with E-state index in [1.54, 1.807) is 12.1 Å². The molecule has 0 aromatic heterocycles. The molecule has 4 rings (SSSR count). The first-order valence-corrected chi connectivity index (χ1v) is 10.2. The topological polar surface area (TPSA) is 43.1 Å². The molecule has 3 nitrogen and oxygen atoms in total. The first-order chi connectivity index (χ1) is 13.8. The van der Waals surface area contributed by atoms with Crippen LogP contribution in [0.25, 0.3) is 11.1 Å². The van der Waals surface area contributed by atoms with Crippen LogP contribution in [-0.4, -0.2) is 4.92 Å². The molecule has 0 saturated carbocycles. The van der Waals surface area contributed by atoms with Crippen molar-refractivity contribution in [3.8, 4) is 11.1 Å². The van der Waals surface area contributed by atoms with Crippen LogP contribution in [0.3, 0.4) is 0 Å². The summed E-state index contributed by atoms with van der Waals surface area (Å²) >= 11 is 0. The summed E-state index contributed by atoms with van der Waals surface area (Å²) < 4.78 is 0. The van der Waals surface area contributed by atoms with E-state index in [4.69, 9.17) is 0 Å². The Labute approximate surface area is 178 Å². The summed E-state index contributed by atoms with van der Waals surface area (Å²) in [6.07, 6.45) is 0. The molecule has 0 unspecified atom stereocenters. The molecule has 0 saturated heterocycles. The van der Waals surface area contributed by atoms with Crippen LogP contribution in [0.5, 0.6) is 0 Å². The molecule has 4 aromatic rings. The van der Waals surface area contributed by atoms with E-state index in [9.17, 15) is 10.1 Å². The van der Waals surface area contributed by atoms with Crippen LogP contribution < -0.4 is 12.4 Å². The van der Waals surface area contributed by atoms with Crippen molar-refractivity contribution >= 4 is 16.6 Å². The minimum absolute atomic E-state index is 0. The Morgan fingerprint density at radius 1 is 0.621 bits per heavy atom. The van der Waals surface area contributed by atoms with Gasteiger partial charge >= 0.3 is 0 Å². The van der Waals surface area contributed by atoms with Gasteiger partial charge in [-0.1, -0.05) is 72.8 Å². The number of rotatable bonds is 5. The number of hydrogen-bond acceptors (Lipinski definition) is 2. The Balaban J connectivity index is 0.00000240. The van der Waals surface area contributed by atoms with Crippen molar-refractivity contribution in [2.45, 2.75) is 14.7 Å². The first-order valence-electron chi connectivity index (χ1n) is 8.93. The van der Waals surface area contributed by atoms with Gasteiger partial charge in [-0.25, -0.2) is 0 Å². The van der Waals surface area contributed by atoms with E-state index in [1.807, 2.05) is 72.8 Å². The molecule has 0 bridgehead atoms. The lowest BCUT2D eigenvalue weighted by Gasteiger charge is -2.12. The summed E-state index contributed by atoms with van der Waals surface area (Å²) in [5.41, 5.74) is 1.67. The second-order valence-corrected chi connectivity index (χ2v) is 8.20. The number of nitro groups is 1. The van der Waals surface area contributed by atoms with Gasteiger partial charge in [0.05, 0.1) is 4.92 Å². The maximum atomic E-state index is 11.9. The van der Waals surface area contributed by atoms with Gasteiger partial charge in [-0.2, -0.15) is 0 Å². The molecule has 0 heterocycles. The fourth-order valence-corrected chi connectivity index (χ4v) is 5.52. The van der Waals surface area contributed by atoms with Crippen molar-refractivity contribution in [2.75, 3.05) is 0 Å². The van der Waals surface area contributed by atoms with Crippen LogP contribution in [0, 0.1) is 10.1 Å². The predicted molar refractivity (Wildman–Crippen MR) is 114 cm³/mol. The van der Waals surface area contributed by atoms with Gasteiger partial charge in [-0.3, -0.25) is 10.1 Å². The number of hydrogen-bond donors (Lipinski definition) is 0. The van der Waals surface area contributed by atoms with E-state index < -0.39 is 10.9 Å². The zero-order chi connectivity index (χ0) is 19.3. The standard InChI is InChI=1S/C24H18NO2S.ClH/c26-25(27)22-17-10-18-23(24(22)19-11-4-1-5-12-19)28(20-13-6-2-7-14-20)21-15-8-3-9-16-21;/h1-18H;1H/q+1;/p-1. The van der Waals surface area contributed by atoms with Crippen LogP contribution in [-0.2, 0) is 10.9 Å². The van der Waals surface area contributed by atoms with Gasteiger partial charge in [0, 0.05) is 6.07 Å². The fourth-order valence-electron chi connectivity index (χ4n) is 3.24. The molecule has 5 heteroatoms. The molecule has 0 atom stereocenters. The third kappa shape index (κ3) is 4.34. The second kappa shape index (κ2) is 9.41. The van der Waals surface area contributed by atoms with Crippen LogP contribution in [0.2, 0.25) is 0 Å². The Morgan fingerprint density at radius 3 is 1.59 bits per heavy atom. The number of benzene rings is 4. The monoisotopic (exact) mass is 419 g/mol. The lowest BCUT2D eigenvalue weighted by Crippen LogP contribution is -3.00. The van der Waals surface area contributed by atoms with Gasteiger partial charge in [0.1, 0.15) is 16.5 Å². The van der Waals surface area contributed by atoms with E-state index in [2.05, 4.69) is 24.3 Å². The van der Waals surface area contributed by atoms with Crippen molar-refractivity contribution in [2.24, 2.45) is 0 Å². The number of nitro benzene ring substituents is 1. The molecule has 0 spiro atoms. The summed E-state index contributed by atoms with van der Waals surface area (Å²) in [6, 6.07) is 35.4. The van der Waals surface area contributed by atoms with E-state index in [0.717, 1.165) is 20.2 Å². The normalized spacial score (nSPS) is 10.4. The molecule has 0 aliphatic carbocycles. The van der Waals surface area contributed by atoms with Gasteiger partial charge in [-0.05, 0) is 35.9 Å². The molecular weight excluding hydrogens is 402 g/mol. The van der Waals surface area contributed by atoms with Crippen LogP contribution in [0.15, 0.2) is 124 Å². The average molecular weight is 420 g/mol. The van der Waals surface area contributed by atoms with Crippen LogP contribution in [0.4, 0.5) is 5.69 Å².